The minimum absolute atomic E-state index is 0.124. The molecule has 16 heavy (non-hydrogen) atoms. The van der Waals surface area contributed by atoms with Crippen molar-refractivity contribution in [2.24, 2.45) is 5.73 Å². The predicted molar refractivity (Wildman–Crippen MR) is 72.0 cm³/mol. The first-order valence-corrected chi connectivity index (χ1v) is 7.43. The maximum Gasteiger partial charge on any atom is 0.230 e. The molecule has 0 atom stereocenters. The molecule has 0 fully saturated rings. The van der Waals surface area contributed by atoms with Gasteiger partial charge in [0, 0.05) is 11.4 Å². The van der Waals surface area contributed by atoms with Gasteiger partial charge in [-0.1, -0.05) is 6.07 Å². The maximum atomic E-state index is 11.4. The van der Waals surface area contributed by atoms with Crippen LogP contribution < -0.4 is 11.1 Å². The Kier molecular flexibility index (Phi) is 7.29. The van der Waals surface area contributed by atoms with Gasteiger partial charge < -0.3 is 11.1 Å². The van der Waals surface area contributed by atoms with E-state index < -0.39 is 0 Å². The van der Waals surface area contributed by atoms with E-state index in [1.54, 1.807) is 23.1 Å². The largest absolute Gasteiger partial charge is 0.355 e. The van der Waals surface area contributed by atoms with E-state index in [1.807, 2.05) is 6.07 Å². The van der Waals surface area contributed by atoms with Gasteiger partial charge in [0.1, 0.15) is 0 Å². The van der Waals surface area contributed by atoms with Gasteiger partial charge in [0.2, 0.25) is 5.91 Å². The third-order valence-corrected chi connectivity index (χ3v) is 3.98. The summed E-state index contributed by atoms with van der Waals surface area (Å²) in [6.45, 7) is 1.43. The summed E-state index contributed by atoms with van der Waals surface area (Å²) in [6, 6.07) is 4.12. The van der Waals surface area contributed by atoms with Crippen molar-refractivity contribution in [3.8, 4) is 0 Å². The fraction of sp³-hybridized carbons (Fsp3) is 0.545. The molecular formula is C11H18N2OS2. The lowest BCUT2D eigenvalue weighted by molar-refractivity contribution is -0.118. The Balaban J connectivity index is 1.98. The lowest BCUT2D eigenvalue weighted by Crippen LogP contribution is -2.27. The van der Waals surface area contributed by atoms with E-state index in [9.17, 15) is 4.79 Å². The van der Waals surface area contributed by atoms with Gasteiger partial charge in [-0.3, -0.25) is 4.79 Å². The average molecular weight is 258 g/mol. The van der Waals surface area contributed by atoms with Crippen LogP contribution in [0.15, 0.2) is 17.5 Å². The monoisotopic (exact) mass is 258 g/mol. The number of amides is 1. The van der Waals surface area contributed by atoms with Crippen LogP contribution in [0.1, 0.15) is 11.3 Å². The highest BCUT2D eigenvalue weighted by Crippen LogP contribution is 2.08. The van der Waals surface area contributed by atoms with E-state index in [1.165, 1.54) is 4.88 Å². The standard InChI is InChI=1S/C11H18N2OS2/c12-5-2-7-15-9-11(14)13-6-4-10-3-1-8-16-10/h1,3,8H,2,4-7,9,12H2,(H,13,14). The lowest BCUT2D eigenvalue weighted by Gasteiger charge is -2.03. The van der Waals surface area contributed by atoms with E-state index in [4.69, 9.17) is 5.73 Å². The molecule has 0 aliphatic carbocycles. The molecule has 0 unspecified atom stereocenters. The normalized spacial score (nSPS) is 10.3. The zero-order chi connectivity index (χ0) is 11.6. The zero-order valence-corrected chi connectivity index (χ0v) is 10.9. The number of nitrogens with two attached hydrogens (primary N) is 1. The van der Waals surface area contributed by atoms with E-state index in [0.29, 0.717) is 12.3 Å². The molecule has 0 saturated heterocycles. The molecular weight excluding hydrogens is 240 g/mol. The van der Waals surface area contributed by atoms with Crippen molar-refractivity contribution < 1.29 is 4.79 Å². The molecule has 1 aromatic heterocycles. The average Bonchev–Trinajstić information content (AvgIpc) is 2.77. The molecule has 0 saturated carbocycles. The maximum absolute atomic E-state index is 11.4. The highest BCUT2D eigenvalue weighted by molar-refractivity contribution is 7.99. The van der Waals surface area contributed by atoms with Crippen LogP contribution in [0.5, 0.6) is 0 Å². The molecule has 90 valence electrons. The molecule has 3 N–H and O–H groups in total. The second-order valence-electron chi connectivity index (χ2n) is 3.37. The van der Waals surface area contributed by atoms with Crippen molar-refractivity contribution in [1.29, 1.82) is 0 Å². The van der Waals surface area contributed by atoms with Gasteiger partial charge in [-0.15, -0.1) is 11.3 Å². The van der Waals surface area contributed by atoms with Gasteiger partial charge in [0.25, 0.3) is 0 Å². The number of nitrogens with one attached hydrogen (secondary N) is 1. The Labute approximate surface area is 105 Å². The molecule has 0 aliphatic rings. The van der Waals surface area contributed by atoms with E-state index in [2.05, 4.69) is 16.8 Å². The van der Waals surface area contributed by atoms with Gasteiger partial charge >= 0.3 is 0 Å². The first-order valence-electron chi connectivity index (χ1n) is 5.40. The molecule has 1 aromatic rings. The number of hydrogen-bond acceptors (Lipinski definition) is 4. The van der Waals surface area contributed by atoms with E-state index in [0.717, 1.165) is 25.1 Å². The minimum atomic E-state index is 0.124. The highest BCUT2D eigenvalue weighted by Gasteiger charge is 2.00. The van der Waals surface area contributed by atoms with Gasteiger partial charge in [0.05, 0.1) is 5.75 Å². The van der Waals surface area contributed by atoms with Crippen molar-refractivity contribution in [2.45, 2.75) is 12.8 Å². The topological polar surface area (TPSA) is 55.1 Å². The molecule has 0 aliphatic heterocycles. The molecule has 0 bridgehead atoms. The first-order chi connectivity index (χ1) is 7.83. The van der Waals surface area contributed by atoms with Crippen LogP contribution in [0.25, 0.3) is 0 Å². The Hall–Kier alpha value is -0.520. The zero-order valence-electron chi connectivity index (χ0n) is 9.28. The van der Waals surface area contributed by atoms with Crippen LogP contribution in [0, 0.1) is 0 Å². The Morgan fingerprint density at radius 1 is 1.56 bits per heavy atom. The number of carbonyl (C=O) groups is 1. The van der Waals surface area contributed by atoms with Crippen LogP contribution in [0.3, 0.4) is 0 Å². The highest BCUT2D eigenvalue weighted by atomic mass is 32.2. The fourth-order valence-electron chi connectivity index (χ4n) is 1.18. The van der Waals surface area contributed by atoms with E-state index >= 15 is 0 Å². The summed E-state index contributed by atoms with van der Waals surface area (Å²) >= 11 is 3.37. The number of thiophene rings is 1. The smallest absolute Gasteiger partial charge is 0.230 e. The van der Waals surface area contributed by atoms with Crippen molar-refractivity contribution in [3.05, 3.63) is 22.4 Å². The van der Waals surface area contributed by atoms with Crippen LogP contribution in [-0.2, 0) is 11.2 Å². The Bertz CT molecular complexity index is 288. The van der Waals surface area contributed by atoms with Crippen molar-refractivity contribution in [2.75, 3.05) is 24.6 Å². The Morgan fingerprint density at radius 3 is 3.12 bits per heavy atom. The SMILES string of the molecule is NCCCSCC(=O)NCCc1cccs1. The molecule has 0 aromatic carbocycles. The summed E-state index contributed by atoms with van der Waals surface area (Å²) in [4.78, 5) is 12.7. The third-order valence-electron chi connectivity index (χ3n) is 2.00. The quantitative estimate of drug-likeness (QED) is 0.695. The fourth-order valence-corrected chi connectivity index (χ4v) is 2.69. The molecule has 3 nitrogen and oxygen atoms in total. The molecule has 1 rings (SSSR count). The number of hydrogen-bond donors (Lipinski definition) is 2. The summed E-state index contributed by atoms with van der Waals surface area (Å²) in [5, 5.41) is 4.97. The summed E-state index contributed by atoms with van der Waals surface area (Å²) < 4.78 is 0. The van der Waals surface area contributed by atoms with Crippen LogP contribution >= 0.6 is 23.1 Å². The number of thioether (sulfide) groups is 1. The van der Waals surface area contributed by atoms with Crippen LogP contribution in [-0.4, -0.2) is 30.5 Å². The van der Waals surface area contributed by atoms with Crippen molar-refractivity contribution >= 4 is 29.0 Å². The van der Waals surface area contributed by atoms with Crippen LogP contribution in [0.2, 0.25) is 0 Å². The molecule has 0 spiro atoms. The van der Waals surface area contributed by atoms with Crippen molar-refractivity contribution in [3.63, 3.8) is 0 Å². The third kappa shape index (κ3) is 6.15. The molecule has 1 heterocycles. The number of rotatable bonds is 8. The number of carbonyl (C=O) groups excluding carboxylic acids is 1. The van der Waals surface area contributed by atoms with Gasteiger partial charge in [0.15, 0.2) is 0 Å². The predicted octanol–water partition coefficient (Wildman–Crippen LogP) is 1.49. The summed E-state index contributed by atoms with van der Waals surface area (Å²) in [7, 11) is 0. The summed E-state index contributed by atoms with van der Waals surface area (Å²) in [6.07, 6.45) is 1.91. The lowest BCUT2D eigenvalue weighted by atomic mass is 10.3. The van der Waals surface area contributed by atoms with Crippen LogP contribution in [0.4, 0.5) is 0 Å². The Morgan fingerprint density at radius 2 is 2.44 bits per heavy atom. The molecule has 1 amide bonds. The first kappa shape index (κ1) is 13.5. The minimum Gasteiger partial charge on any atom is -0.355 e. The molecule has 5 heteroatoms. The van der Waals surface area contributed by atoms with Gasteiger partial charge in [-0.2, -0.15) is 11.8 Å². The molecule has 0 radical (unpaired) electrons. The van der Waals surface area contributed by atoms with Crippen molar-refractivity contribution in [1.82, 2.24) is 5.32 Å². The van der Waals surface area contributed by atoms with Gasteiger partial charge in [-0.25, -0.2) is 0 Å². The summed E-state index contributed by atoms with van der Waals surface area (Å²) in [5.41, 5.74) is 5.37. The van der Waals surface area contributed by atoms with E-state index in [-0.39, 0.29) is 5.91 Å². The van der Waals surface area contributed by atoms with Gasteiger partial charge in [-0.05, 0) is 36.6 Å². The second-order valence-corrected chi connectivity index (χ2v) is 5.51. The second kappa shape index (κ2) is 8.61. The summed E-state index contributed by atoms with van der Waals surface area (Å²) in [5.74, 6) is 1.64.